The second kappa shape index (κ2) is 6.55. The standard InChI is InChI=1S/C19H23N3O/c1-13-8-14(2)18-17(9-13)19(16(10-20)11-21-18)22-6-4-15(5-7-22)12-23-3/h8-9,11,15H,4-7,12H2,1-3H3. The van der Waals surface area contributed by atoms with E-state index in [0.717, 1.165) is 49.1 Å². The number of piperidine rings is 1. The Morgan fingerprint density at radius 3 is 2.70 bits per heavy atom. The molecule has 0 amide bonds. The zero-order valence-electron chi connectivity index (χ0n) is 14.1. The highest BCUT2D eigenvalue weighted by Gasteiger charge is 2.23. The van der Waals surface area contributed by atoms with Gasteiger partial charge in [0.15, 0.2) is 0 Å². The molecule has 4 heteroatoms. The molecule has 1 aromatic carbocycles. The van der Waals surface area contributed by atoms with Crippen molar-refractivity contribution in [2.24, 2.45) is 5.92 Å². The van der Waals surface area contributed by atoms with Crippen LogP contribution in [0.15, 0.2) is 18.3 Å². The maximum absolute atomic E-state index is 9.55. The first-order valence-electron chi connectivity index (χ1n) is 8.18. The monoisotopic (exact) mass is 309 g/mol. The van der Waals surface area contributed by atoms with Crippen LogP contribution in [0, 0.1) is 31.1 Å². The number of nitriles is 1. The summed E-state index contributed by atoms with van der Waals surface area (Å²) >= 11 is 0. The largest absolute Gasteiger partial charge is 0.384 e. The summed E-state index contributed by atoms with van der Waals surface area (Å²) in [5.41, 5.74) is 5.11. The van der Waals surface area contributed by atoms with Crippen LogP contribution in [0.4, 0.5) is 5.69 Å². The molecule has 3 rings (SSSR count). The van der Waals surface area contributed by atoms with Crippen molar-refractivity contribution in [3.05, 3.63) is 35.0 Å². The van der Waals surface area contributed by atoms with E-state index in [1.807, 2.05) is 0 Å². The van der Waals surface area contributed by atoms with E-state index < -0.39 is 0 Å². The minimum atomic E-state index is 0.623. The molecule has 0 aliphatic carbocycles. The van der Waals surface area contributed by atoms with E-state index >= 15 is 0 Å². The number of rotatable bonds is 3. The number of anilines is 1. The molecule has 4 nitrogen and oxygen atoms in total. The highest BCUT2D eigenvalue weighted by molar-refractivity contribution is 5.96. The van der Waals surface area contributed by atoms with Gasteiger partial charge in [-0.25, -0.2) is 0 Å². The molecule has 0 saturated carbocycles. The van der Waals surface area contributed by atoms with Gasteiger partial charge in [0.2, 0.25) is 0 Å². The van der Waals surface area contributed by atoms with Crippen molar-refractivity contribution in [1.29, 1.82) is 5.26 Å². The first-order valence-corrected chi connectivity index (χ1v) is 8.18. The van der Waals surface area contributed by atoms with Crippen molar-refractivity contribution >= 4 is 16.6 Å². The Balaban J connectivity index is 2.04. The molecule has 1 saturated heterocycles. The fourth-order valence-electron chi connectivity index (χ4n) is 3.63. The summed E-state index contributed by atoms with van der Waals surface area (Å²) < 4.78 is 5.29. The van der Waals surface area contributed by atoms with E-state index in [0.29, 0.717) is 11.5 Å². The van der Waals surface area contributed by atoms with Gasteiger partial charge >= 0.3 is 0 Å². The number of aryl methyl sites for hydroxylation is 2. The summed E-state index contributed by atoms with van der Waals surface area (Å²) in [6, 6.07) is 6.64. The zero-order valence-corrected chi connectivity index (χ0v) is 14.1. The Morgan fingerprint density at radius 2 is 2.04 bits per heavy atom. The Morgan fingerprint density at radius 1 is 1.30 bits per heavy atom. The molecule has 2 aromatic rings. The molecule has 120 valence electrons. The summed E-state index contributed by atoms with van der Waals surface area (Å²) in [4.78, 5) is 6.88. The fourth-order valence-corrected chi connectivity index (χ4v) is 3.63. The molecule has 2 heterocycles. The number of pyridine rings is 1. The third-order valence-electron chi connectivity index (χ3n) is 4.73. The summed E-state index contributed by atoms with van der Waals surface area (Å²) in [5, 5.41) is 10.7. The van der Waals surface area contributed by atoms with E-state index in [9.17, 15) is 5.26 Å². The molecular formula is C19H23N3O. The molecule has 1 fully saturated rings. The van der Waals surface area contributed by atoms with Crippen LogP contribution in [-0.2, 0) is 4.74 Å². The lowest BCUT2D eigenvalue weighted by Gasteiger charge is -2.34. The van der Waals surface area contributed by atoms with E-state index in [1.165, 1.54) is 11.1 Å². The van der Waals surface area contributed by atoms with Crippen molar-refractivity contribution in [2.75, 3.05) is 31.7 Å². The lowest BCUT2D eigenvalue weighted by molar-refractivity contribution is 0.139. The van der Waals surface area contributed by atoms with Gasteiger partial charge in [-0.05, 0) is 44.2 Å². The average Bonchev–Trinajstić information content (AvgIpc) is 2.55. The number of benzene rings is 1. The third kappa shape index (κ3) is 3.02. The van der Waals surface area contributed by atoms with Crippen LogP contribution < -0.4 is 4.90 Å². The molecule has 1 aromatic heterocycles. The molecule has 0 atom stereocenters. The number of ether oxygens (including phenoxy) is 1. The van der Waals surface area contributed by atoms with Gasteiger partial charge < -0.3 is 9.64 Å². The van der Waals surface area contributed by atoms with Crippen LogP contribution in [0.1, 0.15) is 29.5 Å². The normalized spacial score (nSPS) is 15.8. The van der Waals surface area contributed by atoms with Gasteiger partial charge in [-0.15, -0.1) is 0 Å². The Hall–Kier alpha value is -2.12. The van der Waals surface area contributed by atoms with Crippen molar-refractivity contribution in [3.8, 4) is 6.07 Å². The van der Waals surface area contributed by atoms with E-state index in [2.05, 4.69) is 41.9 Å². The molecular weight excluding hydrogens is 286 g/mol. The molecule has 23 heavy (non-hydrogen) atoms. The second-order valence-electron chi connectivity index (χ2n) is 6.50. The van der Waals surface area contributed by atoms with Gasteiger partial charge in [0, 0.05) is 38.4 Å². The SMILES string of the molecule is COCC1CCN(c2c(C#N)cnc3c(C)cc(C)cc23)CC1. The van der Waals surface area contributed by atoms with Crippen LogP contribution in [0.3, 0.4) is 0 Å². The van der Waals surface area contributed by atoms with Gasteiger partial charge in [-0.3, -0.25) is 4.98 Å². The molecule has 1 aliphatic heterocycles. The van der Waals surface area contributed by atoms with Crippen molar-refractivity contribution in [1.82, 2.24) is 4.98 Å². The average molecular weight is 309 g/mol. The molecule has 0 unspecified atom stereocenters. The zero-order chi connectivity index (χ0) is 16.4. The van der Waals surface area contributed by atoms with Crippen molar-refractivity contribution < 1.29 is 4.74 Å². The Kier molecular flexibility index (Phi) is 4.49. The van der Waals surface area contributed by atoms with Gasteiger partial charge in [0.1, 0.15) is 6.07 Å². The molecule has 0 spiro atoms. The van der Waals surface area contributed by atoms with Crippen LogP contribution in [0.5, 0.6) is 0 Å². The van der Waals surface area contributed by atoms with Gasteiger partial charge in [-0.2, -0.15) is 5.26 Å². The summed E-state index contributed by atoms with van der Waals surface area (Å²) in [6.07, 6.45) is 3.93. The van der Waals surface area contributed by atoms with E-state index in [1.54, 1.807) is 13.3 Å². The number of nitrogens with zero attached hydrogens (tertiary/aromatic N) is 3. The fraction of sp³-hybridized carbons (Fsp3) is 0.474. The van der Waals surface area contributed by atoms with Gasteiger partial charge in [0.05, 0.1) is 16.8 Å². The molecule has 0 N–H and O–H groups in total. The van der Waals surface area contributed by atoms with Crippen LogP contribution in [-0.4, -0.2) is 31.8 Å². The van der Waals surface area contributed by atoms with E-state index in [4.69, 9.17) is 4.74 Å². The minimum absolute atomic E-state index is 0.623. The number of hydrogen-bond acceptors (Lipinski definition) is 4. The maximum atomic E-state index is 9.55. The number of aromatic nitrogens is 1. The maximum Gasteiger partial charge on any atom is 0.103 e. The highest BCUT2D eigenvalue weighted by atomic mass is 16.5. The van der Waals surface area contributed by atoms with Crippen molar-refractivity contribution in [3.63, 3.8) is 0 Å². The van der Waals surface area contributed by atoms with Crippen molar-refractivity contribution in [2.45, 2.75) is 26.7 Å². The van der Waals surface area contributed by atoms with Crippen LogP contribution in [0.2, 0.25) is 0 Å². The highest BCUT2D eigenvalue weighted by Crippen LogP contribution is 2.34. The molecule has 0 radical (unpaired) electrons. The molecule has 0 bridgehead atoms. The van der Waals surface area contributed by atoms with Gasteiger partial charge in [0.25, 0.3) is 0 Å². The Bertz CT molecular complexity index is 755. The number of fused-ring (bicyclic) bond motifs is 1. The Labute approximate surface area is 137 Å². The van der Waals surface area contributed by atoms with Crippen LogP contribution in [0.25, 0.3) is 10.9 Å². The van der Waals surface area contributed by atoms with Gasteiger partial charge in [-0.1, -0.05) is 11.6 Å². The molecule has 1 aliphatic rings. The lowest BCUT2D eigenvalue weighted by atomic mass is 9.95. The summed E-state index contributed by atoms with van der Waals surface area (Å²) in [5.74, 6) is 0.623. The number of methoxy groups -OCH3 is 1. The quantitative estimate of drug-likeness (QED) is 0.869. The third-order valence-corrected chi connectivity index (χ3v) is 4.73. The predicted molar refractivity (Wildman–Crippen MR) is 92.7 cm³/mol. The first kappa shape index (κ1) is 15.8. The smallest absolute Gasteiger partial charge is 0.103 e. The first-order chi connectivity index (χ1) is 11.1. The minimum Gasteiger partial charge on any atom is -0.384 e. The lowest BCUT2D eigenvalue weighted by Crippen LogP contribution is -2.35. The predicted octanol–water partition coefficient (Wildman–Crippen LogP) is 3.59. The number of hydrogen-bond donors (Lipinski definition) is 0. The second-order valence-corrected chi connectivity index (χ2v) is 6.50. The van der Waals surface area contributed by atoms with E-state index in [-0.39, 0.29) is 0 Å². The van der Waals surface area contributed by atoms with Crippen LogP contribution >= 0.6 is 0 Å². The topological polar surface area (TPSA) is 49.1 Å². The summed E-state index contributed by atoms with van der Waals surface area (Å²) in [7, 11) is 1.77. The summed E-state index contributed by atoms with van der Waals surface area (Å²) in [6.45, 7) is 6.95.